The Kier molecular flexibility index (Phi) is 8.31. The highest BCUT2D eigenvalue weighted by atomic mass is 32.1. The van der Waals surface area contributed by atoms with Crippen molar-refractivity contribution in [1.29, 1.82) is 0 Å². The summed E-state index contributed by atoms with van der Waals surface area (Å²) in [7, 11) is 3.02. The number of benzene rings is 2. The molecule has 1 amide bonds. The first-order valence-electron chi connectivity index (χ1n) is 12.4. The number of aliphatic hydroxyl groups excluding tert-OH is 1. The molecule has 0 spiro atoms. The molecule has 1 unspecified atom stereocenters. The van der Waals surface area contributed by atoms with Crippen molar-refractivity contribution in [2.45, 2.75) is 45.6 Å². The molecule has 2 heterocycles. The molecule has 0 aliphatic carbocycles. The molecule has 9 nitrogen and oxygen atoms in total. The number of methoxy groups -OCH3 is 2. The van der Waals surface area contributed by atoms with E-state index >= 15 is 0 Å². The lowest BCUT2D eigenvalue weighted by molar-refractivity contribution is -0.132. The summed E-state index contributed by atoms with van der Waals surface area (Å²) in [5.41, 5.74) is 0.879. The lowest BCUT2D eigenvalue weighted by Crippen LogP contribution is -2.29. The summed E-state index contributed by atoms with van der Waals surface area (Å²) < 4.78 is 16.5. The van der Waals surface area contributed by atoms with Gasteiger partial charge in [-0.15, -0.1) is 10.2 Å². The number of rotatable bonds is 10. The van der Waals surface area contributed by atoms with Gasteiger partial charge >= 0.3 is 5.91 Å². The number of hydrogen-bond acceptors (Lipinski definition) is 9. The molecule has 10 heteroatoms. The minimum atomic E-state index is -0.955. The molecule has 4 rings (SSSR count). The predicted molar refractivity (Wildman–Crippen MR) is 145 cm³/mol. The van der Waals surface area contributed by atoms with Crippen molar-refractivity contribution >= 4 is 33.9 Å². The van der Waals surface area contributed by atoms with Crippen LogP contribution in [-0.4, -0.2) is 47.8 Å². The van der Waals surface area contributed by atoms with Crippen LogP contribution >= 0.6 is 11.3 Å². The minimum Gasteiger partial charge on any atom is -0.507 e. The van der Waals surface area contributed by atoms with Gasteiger partial charge in [-0.05, 0) is 48.4 Å². The molecular weight excluding hydrogens is 506 g/mol. The first-order chi connectivity index (χ1) is 18.3. The maximum atomic E-state index is 13.4. The second kappa shape index (κ2) is 11.6. The summed E-state index contributed by atoms with van der Waals surface area (Å²) in [5, 5.41) is 20.8. The van der Waals surface area contributed by atoms with Crippen LogP contribution in [0.2, 0.25) is 0 Å². The second-order valence-corrected chi connectivity index (χ2v) is 10.1. The van der Waals surface area contributed by atoms with Crippen molar-refractivity contribution < 1.29 is 28.9 Å². The van der Waals surface area contributed by atoms with Crippen LogP contribution in [0.3, 0.4) is 0 Å². The molecule has 1 aromatic heterocycles. The van der Waals surface area contributed by atoms with Gasteiger partial charge in [0.05, 0.1) is 32.4 Å². The smallest absolute Gasteiger partial charge is 0.301 e. The maximum absolute atomic E-state index is 13.4. The highest BCUT2D eigenvalue weighted by molar-refractivity contribution is 7.15. The van der Waals surface area contributed by atoms with Crippen LogP contribution in [0.4, 0.5) is 5.13 Å². The highest BCUT2D eigenvalue weighted by Gasteiger charge is 2.48. The largest absolute Gasteiger partial charge is 0.507 e. The van der Waals surface area contributed by atoms with Crippen LogP contribution in [0.1, 0.15) is 61.7 Å². The molecule has 1 atom stereocenters. The van der Waals surface area contributed by atoms with E-state index in [1.807, 2.05) is 13.8 Å². The number of carbonyl (C=O) groups excluding carboxylic acids is 2. The Morgan fingerprint density at radius 2 is 1.76 bits per heavy atom. The van der Waals surface area contributed by atoms with Gasteiger partial charge in [0.1, 0.15) is 16.5 Å². The number of anilines is 1. The summed E-state index contributed by atoms with van der Waals surface area (Å²) >= 11 is 1.23. The Hall–Kier alpha value is -3.92. The molecule has 3 aromatic rings. The summed E-state index contributed by atoms with van der Waals surface area (Å²) in [6, 6.07) is 10.9. The summed E-state index contributed by atoms with van der Waals surface area (Å²) in [5.74, 6) is -0.240. The van der Waals surface area contributed by atoms with Crippen molar-refractivity contribution in [3.8, 4) is 17.2 Å². The third-order valence-corrected chi connectivity index (χ3v) is 7.42. The lowest BCUT2D eigenvalue weighted by atomic mass is 9.95. The minimum absolute atomic E-state index is 0.0526. The Morgan fingerprint density at radius 3 is 2.37 bits per heavy atom. The number of amides is 1. The Morgan fingerprint density at radius 1 is 1.05 bits per heavy atom. The molecule has 38 heavy (non-hydrogen) atoms. The van der Waals surface area contributed by atoms with Gasteiger partial charge in [-0.1, -0.05) is 44.6 Å². The molecule has 1 fully saturated rings. The van der Waals surface area contributed by atoms with E-state index in [4.69, 9.17) is 14.2 Å². The van der Waals surface area contributed by atoms with Gasteiger partial charge < -0.3 is 19.3 Å². The monoisotopic (exact) mass is 537 g/mol. The van der Waals surface area contributed by atoms with Crippen molar-refractivity contribution in [3.05, 3.63) is 64.2 Å². The zero-order valence-corrected chi connectivity index (χ0v) is 22.9. The van der Waals surface area contributed by atoms with E-state index in [-0.39, 0.29) is 22.4 Å². The average Bonchev–Trinajstić information content (AvgIpc) is 3.51. The van der Waals surface area contributed by atoms with Crippen LogP contribution < -0.4 is 19.1 Å². The number of nitrogens with zero attached hydrogens (tertiary/aromatic N) is 3. The van der Waals surface area contributed by atoms with Crippen LogP contribution in [0.15, 0.2) is 48.0 Å². The standard InChI is InChI=1S/C28H31N3O6S/c1-6-7-14-37-19-11-8-17(9-12-19)24(32)22-23(18-10-13-20(35-4)21(15-18)36-5)31(27(34)25(22)33)28-30-29-26(38-28)16(2)3/h8-13,15-16,23,32H,6-7,14H2,1-5H3. The van der Waals surface area contributed by atoms with E-state index in [1.165, 1.54) is 30.5 Å². The molecule has 1 aliphatic heterocycles. The zero-order valence-electron chi connectivity index (χ0n) is 22.1. The predicted octanol–water partition coefficient (Wildman–Crippen LogP) is 5.48. The van der Waals surface area contributed by atoms with Gasteiger partial charge in [-0.2, -0.15) is 0 Å². The molecule has 200 valence electrons. The first-order valence-corrected chi connectivity index (χ1v) is 13.2. The second-order valence-electron chi connectivity index (χ2n) is 9.09. The molecule has 0 saturated carbocycles. The van der Waals surface area contributed by atoms with Gasteiger partial charge in [-0.25, -0.2) is 0 Å². The number of Topliss-reactive ketones (excluding diaryl/α,β-unsaturated/α-hetero) is 1. The fourth-order valence-electron chi connectivity index (χ4n) is 4.12. The number of hydrogen-bond donors (Lipinski definition) is 1. The van der Waals surface area contributed by atoms with Gasteiger partial charge in [0.2, 0.25) is 5.13 Å². The number of aromatic nitrogens is 2. The molecule has 1 N–H and O–H groups in total. The molecule has 2 aromatic carbocycles. The SMILES string of the molecule is CCCCOc1ccc(C(O)=C2C(=O)C(=O)N(c3nnc(C(C)C)s3)C2c2ccc(OC)c(OC)c2)cc1. The Balaban J connectivity index is 1.84. The third-order valence-electron chi connectivity index (χ3n) is 6.19. The van der Waals surface area contributed by atoms with Crippen LogP contribution in [0.25, 0.3) is 5.76 Å². The maximum Gasteiger partial charge on any atom is 0.301 e. The van der Waals surface area contributed by atoms with E-state index in [0.29, 0.717) is 35.0 Å². The lowest BCUT2D eigenvalue weighted by Gasteiger charge is -2.23. The average molecular weight is 538 g/mol. The summed E-state index contributed by atoms with van der Waals surface area (Å²) in [6.07, 6.45) is 1.95. The molecule has 0 bridgehead atoms. The van der Waals surface area contributed by atoms with Gasteiger partial charge in [0.25, 0.3) is 5.78 Å². The fraction of sp³-hybridized carbons (Fsp3) is 0.357. The van der Waals surface area contributed by atoms with E-state index in [1.54, 1.807) is 42.5 Å². The summed E-state index contributed by atoms with van der Waals surface area (Å²) in [4.78, 5) is 28.1. The topological polar surface area (TPSA) is 111 Å². The zero-order chi connectivity index (χ0) is 27.4. The van der Waals surface area contributed by atoms with Crippen LogP contribution in [0, 0.1) is 0 Å². The number of carbonyl (C=O) groups is 2. The molecule has 0 radical (unpaired) electrons. The quantitative estimate of drug-likeness (QED) is 0.157. The Bertz CT molecular complexity index is 1350. The van der Waals surface area contributed by atoms with Crippen molar-refractivity contribution in [2.75, 3.05) is 25.7 Å². The molecule has 1 aliphatic rings. The van der Waals surface area contributed by atoms with E-state index in [0.717, 1.165) is 17.8 Å². The molecular formula is C28H31N3O6S. The number of aliphatic hydroxyl groups is 1. The van der Waals surface area contributed by atoms with Crippen molar-refractivity contribution in [2.24, 2.45) is 0 Å². The first kappa shape index (κ1) is 27.1. The van der Waals surface area contributed by atoms with Crippen molar-refractivity contribution in [1.82, 2.24) is 10.2 Å². The van der Waals surface area contributed by atoms with E-state index < -0.39 is 17.7 Å². The fourth-order valence-corrected chi connectivity index (χ4v) is 5.00. The third kappa shape index (κ3) is 5.22. The number of ketones is 1. The number of unbranched alkanes of at least 4 members (excludes halogenated alkanes) is 1. The number of ether oxygens (including phenoxy) is 3. The summed E-state index contributed by atoms with van der Waals surface area (Å²) in [6.45, 7) is 6.62. The normalized spacial score (nSPS) is 16.8. The van der Waals surface area contributed by atoms with Gasteiger partial charge in [0, 0.05) is 11.5 Å². The van der Waals surface area contributed by atoms with E-state index in [2.05, 4.69) is 17.1 Å². The van der Waals surface area contributed by atoms with Gasteiger partial charge in [-0.3, -0.25) is 14.5 Å². The van der Waals surface area contributed by atoms with E-state index in [9.17, 15) is 14.7 Å². The Labute approximate surface area is 225 Å². The van der Waals surface area contributed by atoms with Crippen LogP contribution in [0.5, 0.6) is 17.2 Å². The van der Waals surface area contributed by atoms with Crippen LogP contribution in [-0.2, 0) is 9.59 Å². The van der Waals surface area contributed by atoms with Crippen molar-refractivity contribution in [3.63, 3.8) is 0 Å². The van der Waals surface area contributed by atoms with Gasteiger partial charge in [0.15, 0.2) is 11.5 Å². The molecule has 1 saturated heterocycles. The highest BCUT2D eigenvalue weighted by Crippen LogP contribution is 2.45.